The van der Waals surface area contributed by atoms with E-state index >= 15 is 17.6 Å². The van der Waals surface area contributed by atoms with Crippen molar-refractivity contribution in [2.24, 2.45) is 0 Å². The molecule has 24 aromatic carbocycles. The number of hydrogen-bond donors (Lipinski definition) is 0. The number of benzene rings is 24. The van der Waals surface area contributed by atoms with Crippen molar-refractivity contribution < 1.29 is 26.3 Å². The van der Waals surface area contributed by atoms with Crippen LogP contribution in [0.1, 0.15) is 44.5 Å². The topological polar surface area (TPSA) is 13.0 Å². The minimum atomic E-state index is -0.717. The second-order valence-electron chi connectivity index (χ2n) is 38.6. The van der Waals surface area contributed by atoms with Crippen LogP contribution in [0.3, 0.4) is 0 Å². The predicted octanol–water partition coefficient (Wildman–Crippen LogP) is 39.7. The number of anilines is 12. The van der Waals surface area contributed by atoms with Crippen LogP contribution in [0, 0.1) is 90.3 Å². The maximum absolute atomic E-state index is 16.7. The summed E-state index contributed by atoms with van der Waals surface area (Å²) in [6, 6.07) is 148. The molecule has 0 aliphatic heterocycles. The Morgan fingerprint density at radius 3 is 0.493 bits per heavy atom. The fourth-order valence-corrected chi connectivity index (χ4v) is 20.8. The molecule has 10 heteroatoms. The van der Waals surface area contributed by atoms with E-state index in [0.29, 0.717) is 34.1 Å². The van der Waals surface area contributed by atoms with Crippen LogP contribution in [0.5, 0.6) is 0 Å². The number of para-hydroxylation sites is 2. The lowest BCUT2D eigenvalue weighted by Crippen LogP contribution is -2.14. The van der Waals surface area contributed by atoms with Gasteiger partial charge in [0, 0.05) is 56.4 Å². The highest BCUT2D eigenvalue weighted by Gasteiger charge is 2.31. The van der Waals surface area contributed by atoms with E-state index in [0.717, 1.165) is 211 Å². The molecule has 0 radical (unpaired) electrons. The minimum absolute atomic E-state index is 0.175. The third-order valence-electron chi connectivity index (χ3n) is 28.5. The van der Waals surface area contributed by atoms with Gasteiger partial charge in [0.1, 0.15) is 34.9 Å². The first kappa shape index (κ1) is 91.9. The highest BCUT2D eigenvalue weighted by atomic mass is 19.2. The Morgan fingerprint density at radius 1 is 0.137 bits per heavy atom. The Morgan fingerprint density at radius 2 is 0.308 bits per heavy atom. The Hall–Kier alpha value is -17.9. The van der Waals surface area contributed by atoms with E-state index in [-0.39, 0.29) is 23.0 Å². The summed E-state index contributed by atoms with van der Waals surface area (Å²) in [6.45, 7) is 16.6. The quantitative estimate of drug-likeness (QED) is 0.0557. The van der Waals surface area contributed by atoms with Crippen LogP contribution >= 0.6 is 0 Å². The molecule has 0 unspecified atom stereocenters. The van der Waals surface area contributed by atoms with Crippen molar-refractivity contribution in [2.45, 2.75) is 55.4 Å². The van der Waals surface area contributed by atoms with Crippen molar-refractivity contribution in [1.29, 1.82) is 0 Å². The molecular formula is C136H98F6N4. The van der Waals surface area contributed by atoms with Crippen molar-refractivity contribution >= 4 is 133 Å². The second kappa shape index (κ2) is 38.2. The third kappa shape index (κ3) is 17.7. The molecule has 0 aliphatic carbocycles. The lowest BCUT2D eigenvalue weighted by Gasteiger charge is -2.30. The molecule has 0 bridgehead atoms. The highest BCUT2D eigenvalue weighted by molar-refractivity contribution is 6.30. The smallest absolute Gasteiger partial charge is 0.150 e. The van der Waals surface area contributed by atoms with E-state index in [1.54, 1.807) is 12.1 Å². The molecule has 0 saturated heterocycles. The minimum Gasteiger partial charge on any atom is -0.307 e. The molecular weight excluding hydrogens is 1800 g/mol. The summed E-state index contributed by atoms with van der Waals surface area (Å²) in [5.74, 6) is -3.46. The molecule has 0 aromatic heterocycles. The Kier molecular flexibility index (Phi) is 24.0. The van der Waals surface area contributed by atoms with E-state index in [1.165, 1.54) is 58.7 Å². The molecule has 0 saturated carbocycles. The van der Waals surface area contributed by atoms with Crippen LogP contribution in [-0.4, -0.2) is 0 Å². The average Bonchev–Trinajstić information content (AvgIpc) is 0.716. The molecule has 0 heterocycles. The number of halogens is 6. The van der Waals surface area contributed by atoms with E-state index < -0.39 is 23.3 Å². The van der Waals surface area contributed by atoms with Gasteiger partial charge in [-0.1, -0.05) is 336 Å². The lowest BCUT2D eigenvalue weighted by atomic mass is 9.91. The Balaban J connectivity index is 0.000000161. The molecule has 0 amide bonds. The number of rotatable bonds is 20. The summed E-state index contributed by atoms with van der Waals surface area (Å²) in [6.07, 6.45) is 0. The van der Waals surface area contributed by atoms with E-state index in [2.05, 4.69) is 405 Å². The first-order valence-electron chi connectivity index (χ1n) is 49.2. The SMILES string of the molecule is Cc1ccc(-c2cc(-c3ccc(C)cc3)cc(N(c3ccc(F)cc3F)c3ccc4ccc5c(N(c6cc(-c7ccc(C)cc7)cc(-c7ccc(C)cc7)c6)c6ccc(F)cc6F)ccc6ccc3c4c65)c2)cc1.Cc1ccc(-c2cc(-c3ccc(C)cc3)cc(N(c3ccccc3F)c3ccc4ccc5c(N(c6cc(-c7ccc(C)cc7)cc(-c7ccc(C)cc7)c6)c6ccccc6F)ccc6ccc3c4c65)c2)cc1. The van der Waals surface area contributed by atoms with Crippen LogP contribution < -0.4 is 19.6 Å². The fourth-order valence-electron chi connectivity index (χ4n) is 20.8. The van der Waals surface area contributed by atoms with Crippen LogP contribution in [0.25, 0.3) is 154 Å². The van der Waals surface area contributed by atoms with Crippen LogP contribution in [0.2, 0.25) is 0 Å². The van der Waals surface area contributed by atoms with Gasteiger partial charge in [0.05, 0.1) is 45.5 Å². The molecule has 0 fully saturated rings. The molecule has 24 aromatic rings. The van der Waals surface area contributed by atoms with Crippen molar-refractivity contribution in [3.8, 4) is 89.0 Å². The molecule has 4 nitrogen and oxygen atoms in total. The molecule has 0 atom stereocenters. The van der Waals surface area contributed by atoms with Gasteiger partial charge in [0.2, 0.25) is 0 Å². The van der Waals surface area contributed by atoms with Gasteiger partial charge in [0.25, 0.3) is 0 Å². The molecule has 146 heavy (non-hydrogen) atoms. The summed E-state index contributed by atoms with van der Waals surface area (Å²) in [7, 11) is 0. The Bertz CT molecular complexity index is 8340. The lowest BCUT2D eigenvalue weighted by molar-refractivity contribution is 0.583. The van der Waals surface area contributed by atoms with Gasteiger partial charge < -0.3 is 19.6 Å². The second-order valence-corrected chi connectivity index (χ2v) is 38.6. The molecule has 0 N–H and O–H groups in total. The van der Waals surface area contributed by atoms with Crippen molar-refractivity contribution in [2.75, 3.05) is 19.6 Å². The van der Waals surface area contributed by atoms with Crippen molar-refractivity contribution in [1.82, 2.24) is 0 Å². The van der Waals surface area contributed by atoms with Gasteiger partial charge >= 0.3 is 0 Å². The molecule has 0 aliphatic rings. The normalized spacial score (nSPS) is 11.5. The largest absolute Gasteiger partial charge is 0.307 e. The predicted molar refractivity (Wildman–Crippen MR) is 600 cm³/mol. The van der Waals surface area contributed by atoms with Crippen molar-refractivity contribution in [3.05, 3.63) is 528 Å². The van der Waals surface area contributed by atoms with E-state index in [1.807, 2.05) is 58.3 Å². The zero-order chi connectivity index (χ0) is 99.8. The molecule has 0 spiro atoms. The average molecular weight is 1900 g/mol. The summed E-state index contributed by atoms with van der Waals surface area (Å²) in [4.78, 5) is 7.93. The first-order valence-corrected chi connectivity index (χ1v) is 49.2. The molecule has 704 valence electrons. The van der Waals surface area contributed by atoms with Gasteiger partial charge in [-0.15, -0.1) is 0 Å². The maximum atomic E-state index is 16.7. The summed E-state index contributed by atoms with van der Waals surface area (Å²) >= 11 is 0. The van der Waals surface area contributed by atoms with Crippen LogP contribution in [0.4, 0.5) is 94.6 Å². The van der Waals surface area contributed by atoms with Gasteiger partial charge in [-0.25, -0.2) is 26.3 Å². The third-order valence-corrected chi connectivity index (χ3v) is 28.5. The zero-order valence-electron chi connectivity index (χ0n) is 81.8. The number of nitrogens with zero attached hydrogens (tertiary/aromatic N) is 4. The first-order chi connectivity index (χ1) is 71.0. The summed E-state index contributed by atoms with van der Waals surface area (Å²) in [5, 5.41) is 11.4. The summed E-state index contributed by atoms with van der Waals surface area (Å²) in [5.41, 5.74) is 32.6. The van der Waals surface area contributed by atoms with Crippen LogP contribution in [-0.2, 0) is 0 Å². The van der Waals surface area contributed by atoms with E-state index in [4.69, 9.17) is 0 Å². The standard InChI is InChI=1S/C68H48F4N2.C68H50F2N2/c1-41-5-13-45(14-6-41)51-33-52(46-15-7-42(2)8-16-46)36-57(35-51)73(65-31-25-55(69)39-61(65)71)63-29-23-49-22-28-60-64(30-24-50-21-27-59(63)67(49)68(50)60)74(66-32-26-56(70)40-62(66)72)58-37-53(47-17-9-43(3)10-18-47)34-54(38-58)48-19-11-44(4)12-20-48;1-43-13-21-47(22-14-43)53-37-54(48-23-15-44(2)16-24-48)40-57(39-53)71(65-11-7-5-9-61(65)69)63-35-31-51-30-34-60-64(36-32-52-29-33-59(63)67(51)68(52)60)72(66-12-8-6-10-62(66)70)58-41-55(49-25-17-45(3)18-26-49)38-56(42-58)50-27-19-46(4)20-28-50/h5-40H,1-4H3;5-42H,1-4H3. The van der Waals surface area contributed by atoms with Gasteiger partial charge in [-0.3, -0.25) is 0 Å². The molecule has 24 rings (SSSR count). The summed E-state index contributed by atoms with van der Waals surface area (Å²) < 4.78 is 96.6. The highest BCUT2D eigenvalue weighted by Crippen LogP contribution is 2.55. The zero-order valence-corrected chi connectivity index (χ0v) is 81.8. The van der Waals surface area contributed by atoms with Crippen molar-refractivity contribution in [3.63, 3.8) is 0 Å². The Labute approximate surface area is 845 Å². The fraction of sp³-hybridized carbons (Fsp3) is 0.0588. The van der Waals surface area contributed by atoms with Crippen LogP contribution in [0.15, 0.2) is 449 Å². The maximum Gasteiger partial charge on any atom is 0.150 e. The van der Waals surface area contributed by atoms with Gasteiger partial charge in [0.15, 0.2) is 0 Å². The van der Waals surface area contributed by atoms with Gasteiger partial charge in [-0.2, -0.15) is 0 Å². The van der Waals surface area contributed by atoms with Gasteiger partial charge in [-0.05, 0) is 333 Å². The number of aryl methyl sites for hydroxylation is 8. The van der Waals surface area contributed by atoms with E-state index in [9.17, 15) is 8.78 Å². The monoisotopic (exact) mass is 1900 g/mol. The number of hydrogen-bond acceptors (Lipinski definition) is 4.